The molecule has 18 heavy (non-hydrogen) atoms. The maximum Gasteiger partial charge on any atom is 0.263 e. The molecule has 0 atom stereocenters. The number of hydrogen-bond donors (Lipinski definition) is 3. The topological polar surface area (TPSA) is 86.9 Å². The molecule has 0 saturated carbocycles. The highest BCUT2D eigenvalue weighted by Crippen LogP contribution is 2.15. The molecule has 2 heterocycles. The van der Waals surface area contributed by atoms with Gasteiger partial charge in [0.2, 0.25) is 0 Å². The first-order valence-corrected chi connectivity index (χ1v) is 6.85. The van der Waals surface area contributed by atoms with Crippen molar-refractivity contribution in [3.63, 3.8) is 0 Å². The van der Waals surface area contributed by atoms with E-state index in [2.05, 4.69) is 20.0 Å². The van der Waals surface area contributed by atoms with E-state index in [9.17, 15) is 8.42 Å². The maximum atomic E-state index is 12.0. The van der Waals surface area contributed by atoms with Crippen molar-refractivity contribution < 1.29 is 8.42 Å². The lowest BCUT2D eigenvalue weighted by Crippen LogP contribution is -2.12. The Morgan fingerprint density at radius 2 is 2.28 bits per heavy atom. The Hall–Kier alpha value is -1.86. The van der Waals surface area contributed by atoms with Gasteiger partial charge in [-0.2, -0.15) is 0 Å². The quantitative estimate of drug-likeness (QED) is 0.751. The molecule has 96 valence electrons. The van der Waals surface area contributed by atoms with E-state index >= 15 is 0 Å². The van der Waals surface area contributed by atoms with Gasteiger partial charge < -0.3 is 10.3 Å². The van der Waals surface area contributed by atoms with E-state index in [1.807, 2.05) is 0 Å². The van der Waals surface area contributed by atoms with E-state index in [-0.39, 0.29) is 4.90 Å². The second-order valence-corrected chi connectivity index (χ2v) is 5.42. The van der Waals surface area contributed by atoms with Crippen LogP contribution >= 0.6 is 0 Å². The van der Waals surface area contributed by atoms with Crippen molar-refractivity contribution in [1.29, 1.82) is 0 Å². The van der Waals surface area contributed by atoms with E-state index in [1.165, 1.54) is 12.4 Å². The van der Waals surface area contributed by atoms with Gasteiger partial charge >= 0.3 is 0 Å². The molecule has 0 aromatic carbocycles. The Labute approximate surface area is 106 Å². The fourth-order valence-corrected chi connectivity index (χ4v) is 2.56. The summed E-state index contributed by atoms with van der Waals surface area (Å²) in [6, 6.07) is 4.91. The summed E-state index contributed by atoms with van der Waals surface area (Å²) in [6.45, 7) is 0.586. The second kappa shape index (κ2) is 5.19. The Balaban J connectivity index is 2.20. The lowest BCUT2D eigenvalue weighted by molar-refractivity contribution is 0.601. The van der Waals surface area contributed by atoms with E-state index in [0.29, 0.717) is 12.2 Å². The molecule has 3 N–H and O–H groups in total. The molecule has 7 heteroatoms. The number of pyridine rings is 1. The molecule has 0 amide bonds. The van der Waals surface area contributed by atoms with Crippen LogP contribution in [0.5, 0.6) is 0 Å². The normalized spacial score (nSPS) is 11.4. The predicted molar refractivity (Wildman–Crippen MR) is 68.6 cm³/mol. The molecule has 0 aliphatic carbocycles. The first-order chi connectivity index (χ1) is 8.62. The van der Waals surface area contributed by atoms with Crippen LogP contribution in [0, 0.1) is 0 Å². The van der Waals surface area contributed by atoms with Crippen LogP contribution in [-0.2, 0) is 16.6 Å². The minimum Gasteiger partial charge on any atom is -0.363 e. The van der Waals surface area contributed by atoms with Gasteiger partial charge in [0.1, 0.15) is 4.90 Å². The number of H-pyrrole nitrogens is 1. The first-order valence-electron chi connectivity index (χ1n) is 5.36. The monoisotopic (exact) mass is 266 g/mol. The molecule has 0 unspecified atom stereocenters. The zero-order valence-electron chi connectivity index (χ0n) is 9.84. The fraction of sp³-hybridized carbons (Fsp3) is 0.182. The highest BCUT2D eigenvalue weighted by Gasteiger charge is 2.15. The molecule has 0 bridgehead atoms. The highest BCUT2D eigenvalue weighted by molar-refractivity contribution is 7.92. The van der Waals surface area contributed by atoms with E-state index < -0.39 is 10.0 Å². The minimum absolute atomic E-state index is 0.205. The number of nitrogens with zero attached hydrogens (tertiary/aromatic N) is 1. The van der Waals surface area contributed by atoms with Crippen LogP contribution in [0.25, 0.3) is 0 Å². The summed E-state index contributed by atoms with van der Waals surface area (Å²) >= 11 is 0. The number of sulfonamides is 1. The van der Waals surface area contributed by atoms with Gasteiger partial charge in [0.05, 0.1) is 11.9 Å². The summed E-state index contributed by atoms with van der Waals surface area (Å²) in [6.07, 6.45) is 4.50. The summed E-state index contributed by atoms with van der Waals surface area (Å²) < 4.78 is 26.5. The van der Waals surface area contributed by atoms with Crippen molar-refractivity contribution in [2.24, 2.45) is 0 Å². The van der Waals surface area contributed by atoms with Crippen LogP contribution in [0.15, 0.2) is 41.7 Å². The molecule has 2 aromatic heterocycles. The van der Waals surface area contributed by atoms with Gasteiger partial charge in [-0.25, -0.2) is 8.42 Å². The van der Waals surface area contributed by atoms with Crippen molar-refractivity contribution in [3.8, 4) is 0 Å². The van der Waals surface area contributed by atoms with Gasteiger partial charge in [-0.15, -0.1) is 0 Å². The first kappa shape index (κ1) is 12.6. The minimum atomic E-state index is -3.56. The van der Waals surface area contributed by atoms with Crippen LogP contribution < -0.4 is 10.0 Å². The molecule has 0 aliphatic rings. The Bertz CT molecular complexity index is 607. The summed E-state index contributed by atoms with van der Waals surface area (Å²) in [4.78, 5) is 6.96. The van der Waals surface area contributed by atoms with Gasteiger partial charge in [0, 0.05) is 24.6 Å². The molecule has 0 aliphatic heterocycles. The standard InChI is InChI=1S/C11H14N4O2S/c1-12-6-10-5-11(8-14-10)18(16,17)15-9-3-2-4-13-7-9/h2-5,7-8,12,14-15H,6H2,1H3. The summed E-state index contributed by atoms with van der Waals surface area (Å²) in [7, 11) is -1.77. The number of aromatic amines is 1. The lowest BCUT2D eigenvalue weighted by atomic mass is 10.4. The fourth-order valence-electron chi connectivity index (χ4n) is 1.50. The molecule has 0 spiro atoms. The average Bonchev–Trinajstić information content (AvgIpc) is 2.80. The van der Waals surface area contributed by atoms with Crippen molar-refractivity contribution in [2.45, 2.75) is 11.4 Å². The van der Waals surface area contributed by atoms with E-state index in [1.54, 1.807) is 31.4 Å². The van der Waals surface area contributed by atoms with Crippen molar-refractivity contribution in [1.82, 2.24) is 15.3 Å². The Morgan fingerprint density at radius 3 is 2.94 bits per heavy atom. The van der Waals surface area contributed by atoms with Crippen LogP contribution in [0.4, 0.5) is 5.69 Å². The predicted octanol–water partition coefficient (Wildman–Crippen LogP) is 0.930. The molecule has 0 saturated heterocycles. The third-order valence-corrected chi connectivity index (χ3v) is 3.67. The Morgan fingerprint density at radius 1 is 1.44 bits per heavy atom. The number of nitrogens with one attached hydrogen (secondary N) is 3. The molecule has 6 nitrogen and oxygen atoms in total. The zero-order chi connectivity index (χ0) is 13.0. The highest BCUT2D eigenvalue weighted by atomic mass is 32.2. The van der Waals surface area contributed by atoms with Gasteiger partial charge in [-0.05, 0) is 25.2 Å². The average molecular weight is 266 g/mol. The summed E-state index contributed by atoms with van der Waals surface area (Å²) in [5.41, 5.74) is 1.25. The second-order valence-electron chi connectivity index (χ2n) is 3.74. The molecule has 0 fully saturated rings. The zero-order valence-corrected chi connectivity index (χ0v) is 10.7. The summed E-state index contributed by atoms with van der Waals surface area (Å²) in [5, 5.41) is 2.94. The van der Waals surface area contributed by atoms with Crippen molar-refractivity contribution in [3.05, 3.63) is 42.5 Å². The van der Waals surface area contributed by atoms with Crippen molar-refractivity contribution >= 4 is 15.7 Å². The van der Waals surface area contributed by atoms with Crippen molar-refractivity contribution in [2.75, 3.05) is 11.8 Å². The molecule has 2 aromatic rings. The van der Waals surface area contributed by atoms with Gasteiger partial charge in [0.25, 0.3) is 10.0 Å². The van der Waals surface area contributed by atoms with Crippen LogP contribution in [-0.4, -0.2) is 25.4 Å². The molecular weight excluding hydrogens is 252 g/mol. The van der Waals surface area contributed by atoms with Crippen LogP contribution in [0.1, 0.15) is 5.69 Å². The van der Waals surface area contributed by atoms with Crippen LogP contribution in [0.2, 0.25) is 0 Å². The van der Waals surface area contributed by atoms with Crippen LogP contribution in [0.3, 0.4) is 0 Å². The summed E-state index contributed by atoms with van der Waals surface area (Å²) in [5.74, 6) is 0. The number of hydrogen-bond acceptors (Lipinski definition) is 4. The smallest absolute Gasteiger partial charge is 0.263 e. The molecular formula is C11H14N4O2S. The van der Waals surface area contributed by atoms with E-state index in [0.717, 1.165) is 5.69 Å². The van der Waals surface area contributed by atoms with Gasteiger partial charge in [-0.3, -0.25) is 9.71 Å². The van der Waals surface area contributed by atoms with E-state index in [4.69, 9.17) is 0 Å². The van der Waals surface area contributed by atoms with Gasteiger partial charge in [0.15, 0.2) is 0 Å². The third-order valence-electron chi connectivity index (χ3n) is 2.31. The lowest BCUT2D eigenvalue weighted by Gasteiger charge is -2.04. The molecule has 0 radical (unpaired) electrons. The largest absolute Gasteiger partial charge is 0.363 e. The third kappa shape index (κ3) is 2.88. The van der Waals surface area contributed by atoms with Gasteiger partial charge in [-0.1, -0.05) is 0 Å². The Kier molecular flexibility index (Phi) is 3.63. The molecule has 2 rings (SSSR count). The number of anilines is 1. The number of rotatable bonds is 5. The number of aromatic nitrogens is 2. The maximum absolute atomic E-state index is 12.0. The SMILES string of the molecule is CNCc1cc(S(=O)(=O)Nc2cccnc2)c[nH]1.